The fourth-order valence-electron chi connectivity index (χ4n) is 3.14. The SMILES string of the molecule is COC(=O)CN(CCc1sccc1CC=CCO[Si](C)(C)C(C)(C)C)S(=O)(=O)c1ccc(OC)cc1. The maximum atomic E-state index is 13.3. The number of hydrogen-bond donors (Lipinski definition) is 0. The van der Waals surface area contributed by atoms with E-state index < -0.39 is 24.3 Å². The lowest BCUT2D eigenvalue weighted by Crippen LogP contribution is -2.40. The topological polar surface area (TPSA) is 82.1 Å². The van der Waals surface area contributed by atoms with Crippen LogP contribution < -0.4 is 4.74 Å². The van der Waals surface area contributed by atoms with Crippen molar-refractivity contribution >= 4 is 35.6 Å². The van der Waals surface area contributed by atoms with Gasteiger partial charge in [0.05, 0.1) is 25.7 Å². The van der Waals surface area contributed by atoms with E-state index in [4.69, 9.17) is 13.9 Å². The highest BCUT2D eigenvalue weighted by molar-refractivity contribution is 7.89. The summed E-state index contributed by atoms with van der Waals surface area (Å²) in [5, 5.41) is 2.18. The molecule has 0 aliphatic carbocycles. The Morgan fingerprint density at radius 3 is 2.33 bits per heavy atom. The smallest absolute Gasteiger partial charge is 0.321 e. The summed E-state index contributed by atoms with van der Waals surface area (Å²) in [6.45, 7) is 11.5. The van der Waals surface area contributed by atoms with Gasteiger partial charge in [-0.25, -0.2) is 8.42 Å². The molecule has 10 heteroatoms. The van der Waals surface area contributed by atoms with Crippen molar-refractivity contribution in [2.45, 2.75) is 56.6 Å². The van der Waals surface area contributed by atoms with Crippen LogP contribution in [0.5, 0.6) is 5.75 Å². The summed E-state index contributed by atoms with van der Waals surface area (Å²) in [6.07, 6.45) is 5.38. The number of nitrogens with zero attached hydrogens (tertiary/aromatic N) is 1. The molecule has 0 unspecified atom stereocenters. The predicted octanol–water partition coefficient (Wildman–Crippen LogP) is 5.28. The summed E-state index contributed by atoms with van der Waals surface area (Å²) < 4.78 is 43.8. The minimum Gasteiger partial charge on any atom is -0.497 e. The minimum absolute atomic E-state index is 0.100. The lowest BCUT2D eigenvalue weighted by Gasteiger charge is -2.35. The molecule has 0 saturated carbocycles. The van der Waals surface area contributed by atoms with Gasteiger partial charge in [-0.05, 0) is 72.2 Å². The van der Waals surface area contributed by atoms with Crippen molar-refractivity contribution in [2.75, 3.05) is 33.9 Å². The number of sulfonamides is 1. The molecule has 0 aliphatic rings. The molecule has 0 saturated heterocycles. The molecule has 0 radical (unpaired) electrons. The van der Waals surface area contributed by atoms with Crippen LogP contribution in [0.1, 0.15) is 31.2 Å². The first kappa shape index (κ1) is 30.2. The number of allylic oxidation sites excluding steroid dienone is 1. The number of hydrogen-bond acceptors (Lipinski definition) is 7. The molecule has 0 fully saturated rings. The van der Waals surface area contributed by atoms with Crippen LogP contribution in [-0.2, 0) is 36.8 Å². The van der Waals surface area contributed by atoms with Crippen LogP contribution in [0.15, 0.2) is 52.8 Å². The van der Waals surface area contributed by atoms with Gasteiger partial charge in [-0.3, -0.25) is 4.79 Å². The highest BCUT2D eigenvalue weighted by atomic mass is 32.2. The second-order valence-electron chi connectivity index (χ2n) is 9.96. The Morgan fingerprint density at radius 1 is 1.08 bits per heavy atom. The van der Waals surface area contributed by atoms with Crippen molar-refractivity contribution in [3.05, 3.63) is 58.3 Å². The molecule has 0 amide bonds. The first-order valence-corrected chi connectivity index (χ1v) is 17.1. The number of ether oxygens (including phenoxy) is 2. The molecule has 0 aliphatic heterocycles. The zero-order valence-electron chi connectivity index (χ0n) is 22.4. The molecule has 2 aromatic rings. The molecule has 0 bridgehead atoms. The number of esters is 1. The number of rotatable bonds is 13. The largest absolute Gasteiger partial charge is 0.497 e. The molecule has 1 aromatic carbocycles. The van der Waals surface area contributed by atoms with E-state index in [0.717, 1.165) is 16.9 Å². The fourth-order valence-corrected chi connectivity index (χ4v) is 6.37. The first-order chi connectivity index (χ1) is 16.8. The Hall–Kier alpha value is -1.98. The van der Waals surface area contributed by atoms with E-state index in [9.17, 15) is 13.2 Å². The van der Waals surface area contributed by atoms with E-state index in [2.05, 4.69) is 52.1 Å². The van der Waals surface area contributed by atoms with Gasteiger partial charge in [0, 0.05) is 11.4 Å². The summed E-state index contributed by atoms with van der Waals surface area (Å²) in [4.78, 5) is 13.2. The normalized spacial score (nSPS) is 12.9. The fraction of sp³-hybridized carbons (Fsp3) is 0.500. The Bertz CT molecular complexity index is 1120. The average Bonchev–Trinajstić information content (AvgIpc) is 3.27. The standard InChI is InChI=1S/C26H39NO6S2Si/c1-26(2,3)36(6,7)33-18-9-8-10-21-16-19-34-24(21)15-17-27(20-25(28)32-5)35(29,30)23-13-11-22(31-4)12-14-23/h8-9,11-14,16,19H,10,15,17-18,20H2,1-7H3. The molecule has 36 heavy (non-hydrogen) atoms. The van der Waals surface area contributed by atoms with Gasteiger partial charge >= 0.3 is 5.97 Å². The Kier molecular flexibility index (Phi) is 10.9. The highest BCUT2D eigenvalue weighted by Gasteiger charge is 2.36. The Morgan fingerprint density at radius 2 is 1.75 bits per heavy atom. The molecular weight excluding hydrogens is 515 g/mol. The van der Waals surface area contributed by atoms with Gasteiger partial charge in [-0.1, -0.05) is 32.9 Å². The zero-order chi connectivity index (χ0) is 27.0. The van der Waals surface area contributed by atoms with Crippen LogP contribution in [-0.4, -0.2) is 60.9 Å². The Balaban J connectivity index is 2.07. The summed E-state index contributed by atoms with van der Waals surface area (Å²) in [5.74, 6) is -0.0531. The molecule has 0 atom stereocenters. The van der Waals surface area contributed by atoms with Crippen molar-refractivity contribution in [3.63, 3.8) is 0 Å². The first-order valence-electron chi connectivity index (χ1n) is 11.9. The number of thiophene rings is 1. The summed E-state index contributed by atoms with van der Waals surface area (Å²) in [5.41, 5.74) is 1.14. The van der Waals surface area contributed by atoms with Crippen LogP contribution in [0.2, 0.25) is 18.1 Å². The van der Waals surface area contributed by atoms with Crippen molar-refractivity contribution in [2.24, 2.45) is 0 Å². The van der Waals surface area contributed by atoms with E-state index in [1.807, 2.05) is 5.38 Å². The third-order valence-electron chi connectivity index (χ3n) is 6.51. The molecule has 2 rings (SSSR count). The quantitative estimate of drug-likeness (QED) is 0.191. The third kappa shape index (κ3) is 8.27. The maximum Gasteiger partial charge on any atom is 0.321 e. The van der Waals surface area contributed by atoms with Gasteiger partial charge in [0.2, 0.25) is 10.0 Å². The maximum absolute atomic E-state index is 13.3. The summed E-state index contributed by atoms with van der Waals surface area (Å²) in [7, 11) is -2.91. The van der Waals surface area contributed by atoms with E-state index in [1.165, 1.54) is 30.7 Å². The third-order valence-corrected chi connectivity index (χ3v) is 13.9. The summed E-state index contributed by atoms with van der Waals surface area (Å²) in [6, 6.07) is 8.18. The highest BCUT2D eigenvalue weighted by Crippen LogP contribution is 2.36. The second-order valence-corrected chi connectivity index (χ2v) is 17.7. The second kappa shape index (κ2) is 13.0. The van der Waals surface area contributed by atoms with Crippen LogP contribution in [0.4, 0.5) is 0 Å². The summed E-state index contributed by atoms with van der Waals surface area (Å²) >= 11 is 1.59. The van der Waals surface area contributed by atoms with Crippen molar-refractivity contribution < 1.29 is 27.1 Å². The molecule has 0 spiro atoms. The number of carbonyl (C=O) groups is 1. The molecule has 0 N–H and O–H groups in total. The van der Waals surface area contributed by atoms with Crippen LogP contribution in [0, 0.1) is 0 Å². The van der Waals surface area contributed by atoms with Crippen LogP contribution in [0.25, 0.3) is 0 Å². The van der Waals surface area contributed by atoms with Gasteiger partial charge < -0.3 is 13.9 Å². The molecule has 1 heterocycles. The van der Waals surface area contributed by atoms with Crippen molar-refractivity contribution in [1.29, 1.82) is 0 Å². The number of benzene rings is 1. The van der Waals surface area contributed by atoms with Crippen molar-refractivity contribution in [3.8, 4) is 5.75 Å². The predicted molar refractivity (Wildman–Crippen MR) is 148 cm³/mol. The molecular formula is C26H39NO6S2Si. The monoisotopic (exact) mass is 553 g/mol. The minimum atomic E-state index is -3.89. The van der Waals surface area contributed by atoms with Gasteiger partial charge in [0.15, 0.2) is 8.32 Å². The lowest BCUT2D eigenvalue weighted by molar-refractivity contribution is -0.140. The molecule has 1 aromatic heterocycles. The van der Waals surface area contributed by atoms with E-state index in [1.54, 1.807) is 23.5 Å². The van der Waals surface area contributed by atoms with Crippen LogP contribution in [0.3, 0.4) is 0 Å². The Labute approximate surface area is 221 Å². The van der Waals surface area contributed by atoms with E-state index in [0.29, 0.717) is 18.8 Å². The lowest BCUT2D eigenvalue weighted by atomic mass is 10.1. The van der Waals surface area contributed by atoms with Crippen LogP contribution >= 0.6 is 11.3 Å². The van der Waals surface area contributed by atoms with E-state index >= 15 is 0 Å². The number of carbonyl (C=O) groups excluding carboxylic acids is 1. The van der Waals surface area contributed by atoms with Gasteiger partial charge in [0.1, 0.15) is 12.3 Å². The molecule has 200 valence electrons. The van der Waals surface area contributed by atoms with Gasteiger partial charge in [0.25, 0.3) is 0 Å². The number of methoxy groups -OCH3 is 2. The molecule has 7 nitrogen and oxygen atoms in total. The van der Waals surface area contributed by atoms with Crippen molar-refractivity contribution in [1.82, 2.24) is 4.31 Å². The zero-order valence-corrected chi connectivity index (χ0v) is 25.0. The average molecular weight is 554 g/mol. The van der Waals surface area contributed by atoms with E-state index in [-0.39, 0.29) is 23.0 Å². The van der Waals surface area contributed by atoms with Gasteiger partial charge in [-0.2, -0.15) is 4.31 Å². The van der Waals surface area contributed by atoms with Gasteiger partial charge in [-0.15, -0.1) is 11.3 Å².